The Hall–Kier alpha value is -1.07. The largest absolute Gasteiger partial charge is 0.492 e. The van der Waals surface area contributed by atoms with Gasteiger partial charge in [-0.05, 0) is 37.1 Å². The number of rotatable bonds is 7. The van der Waals surface area contributed by atoms with Crippen LogP contribution in [0.4, 0.5) is 0 Å². The fourth-order valence-corrected chi connectivity index (χ4v) is 1.74. The molecule has 0 aromatic heterocycles. The number of amides is 1. The molecule has 1 aliphatic carbocycles. The molecule has 1 aromatic rings. The molecule has 0 atom stereocenters. The maximum absolute atomic E-state index is 11.3. The van der Waals surface area contributed by atoms with E-state index in [4.69, 9.17) is 4.74 Å². The van der Waals surface area contributed by atoms with Crippen molar-refractivity contribution in [3.63, 3.8) is 0 Å². The Labute approximate surface area is 115 Å². The molecule has 1 fully saturated rings. The number of carbonyl (C=O) groups is 1. The first-order valence-electron chi connectivity index (χ1n) is 6.12. The van der Waals surface area contributed by atoms with E-state index in [0.717, 1.165) is 23.1 Å². The van der Waals surface area contributed by atoms with Gasteiger partial charge < -0.3 is 15.4 Å². The summed E-state index contributed by atoms with van der Waals surface area (Å²) in [5.41, 5.74) is 0. The van der Waals surface area contributed by atoms with Gasteiger partial charge in [-0.2, -0.15) is 0 Å². The van der Waals surface area contributed by atoms with Crippen LogP contribution in [-0.4, -0.2) is 31.6 Å². The van der Waals surface area contributed by atoms with Gasteiger partial charge in [0.25, 0.3) is 0 Å². The van der Waals surface area contributed by atoms with Gasteiger partial charge in [0.2, 0.25) is 5.91 Å². The average Bonchev–Trinajstić information content (AvgIpc) is 3.15. The molecule has 18 heavy (non-hydrogen) atoms. The van der Waals surface area contributed by atoms with Crippen molar-refractivity contribution in [2.45, 2.75) is 18.9 Å². The van der Waals surface area contributed by atoms with Crippen LogP contribution in [0.1, 0.15) is 12.8 Å². The number of ether oxygens (including phenoxy) is 1. The van der Waals surface area contributed by atoms with E-state index in [2.05, 4.69) is 26.6 Å². The van der Waals surface area contributed by atoms with Crippen LogP contribution in [0.5, 0.6) is 5.75 Å². The Morgan fingerprint density at radius 3 is 2.72 bits per heavy atom. The fourth-order valence-electron chi connectivity index (χ4n) is 1.48. The first-order valence-corrected chi connectivity index (χ1v) is 6.92. The first-order chi connectivity index (χ1) is 8.74. The van der Waals surface area contributed by atoms with Crippen LogP contribution >= 0.6 is 15.9 Å². The van der Waals surface area contributed by atoms with Gasteiger partial charge >= 0.3 is 0 Å². The molecular formula is C13H17BrN2O2. The van der Waals surface area contributed by atoms with Gasteiger partial charge in [0.05, 0.1) is 6.54 Å². The monoisotopic (exact) mass is 312 g/mol. The second-order valence-corrected chi connectivity index (χ2v) is 5.24. The van der Waals surface area contributed by atoms with E-state index in [9.17, 15) is 4.79 Å². The highest BCUT2D eigenvalue weighted by atomic mass is 79.9. The minimum atomic E-state index is 0.0705. The Kier molecular flexibility index (Phi) is 5.01. The summed E-state index contributed by atoms with van der Waals surface area (Å²) in [6.45, 7) is 1.58. The fraction of sp³-hybridized carbons (Fsp3) is 0.462. The summed E-state index contributed by atoms with van der Waals surface area (Å²) in [4.78, 5) is 11.3. The molecule has 0 bridgehead atoms. The molecule has 0 radical (unpaired) electrons. The third-order valence-corrected chi connectivity index (χ3v) is 3.12. The summed E-state index contributed by atoms with van der Waals surface area (Å²) >= 11 is 3.37. The molecule has 0 heterocycles. The second-order valence-electron chi connectivity index (χ2n) is 4.32. The van der Waals surface area contributed by atoms with Gasteiger partial charge in [0.15, 0.2) is 0 Å². The quantitative estimate of drug-likeness (QED) is 0.753. The molecule has 1 aliphatic rings. The minimum absolute atomic E-state index is 0.0705. The van der Waals surface area contributed by atoms with Crippen LogP contribution < -0.4 is 15.4 Å². The average molecular weight is 313 g/mol. The highest BCUT2D eigenvalue weighted by Crippen LogP contribution is 2.18. The van der Waals surface area contributed by atoms with Gasteiger partial charge in [0.1, 0.15) is 12.4 Å². The summed E-state index contributed by atoms with van der Waals surface area (Å²) in [5, 5.41) is 5.97. The zero-order valence-electron chi connectivity index (χ0n) is 10.1. The van der Waals surface area contributed by atoms with Gasteiger partial charge in [-0.1, -0.05) is 15.9 Å². The highest BCUT2D eigenvalue weighted by molar-refractivity contribution is 9.10. The predicted octanol–water partition coefficient (Wildman–Crippen LogP) is 1.70. The summed E-state index contributed by atoms with van der Waals surface area (Å²) in [6, 6.07) is 8.11. The number of hydrogen-bond acceptors (Lipinski definition) is 3. The molecule has 0 unspecified atom stereocenters. The zero-order chi connectivity index (χ0) is 12.8. The molecule has 2 N–H and O–H groups in total. The SMILES string of the molecule is O=C(CNCCOc1ccc(Br)cc1)NC1CC1. The third kappa shape index (κ3) is 5.06. The Bertz CT molecular complexity index is 390. The molecule has 2 rings (SSSR count). The lowest BCUT2D eigenvalue weighted by molar-refractivity contribution is -0.120. The summed E-state index contributed by atoms with van der Waals surface area (Å²) < 4.78 is 6.55. The summed E-state index contributed by atoms with van der Waals surface area (Å²) in [5.74, 6) is 0.906. The summed E-state index contributed by atoms with van der Waals surface area (Å²) in [6.07, 6.45) is 2.25. The Balaban J connectivity index is 1.52. The smallest absolute Gasteiger partial charge is 0.234 e. The Morgan fingerprint density at radius 2 is 2.06 bits per heavy atom. The Morgan fingerprint density at radius 1 is 1.33 bits per heavy atom. The third-order valence-electron chi connectivity index (χ3n) is 2.59. The standard InChI is InChI=1S/C13H17BrN2O2/c14-10-1-5-12(6-2-10)18-8-7-15-9-13(17)16-11-3-4-11/h1-2,5-6,11,15H,3-4,7-9H2,(H,16,17). The van der Waals surface area contributed by atoms with E-state index in [1.807, 2.05) is 24.3 Å². The van der Waals surface area contributed by atoms with E-state index in [0.29, 0.717) is 25.7 Å². The van der Waals surface area contributed by atoms with Crippen LogP contribution in [0.15, 0.2) is 28.7 Å². The van der Waals surface area contributed by atoms with Gasteiger partial charge in [0, 0.05) is 17.1 Å². The van der Waals surface area contributed by atoms with Crippen LogP contribution in [-0.2, 0) is 4.79 Å². The summed E-state index contributed by atoms with van der Waals surface area (Å²) in [7, 11) is 0. The number of carbonyl (C=O) groups excluding carboxylic acids is 1. The number of benzene rings is 1. The van der Waals surface area contributed by atoms with Crippen molar-refractivity contribution in [3.8, 4) is 5.75 Å². The van der Waals surface area contributed by atoms with Crippen LogP contribution in [0, 0.1) is 0 Å². The highest BCUT2D eigenvalue weighted by Gasteiger charge is 2.22. The predicted molar refractivity (Wildman–Crippen MR) is 73.7 cm³/mol. The van der Waals surface area contributed by atoms with Crippen LogP contribution in [0.2, 0.25) is 0 Å². The second kappa shape index (κ2) is 6.75. The van der Waals surface area contributed by atoms with Crippen LogP contribution in [0.25, 0.3) is 0 Å². The van der Waals surface area contributed by atoms with Crippen molar-refractivity contribution in [1.29, 1.82) is 0 Å². The van der Waals surface area contributed by atoms with E-state index in [1.54, 1.807) is 0 Å². The first kappa shape index (κ1) is 13.4. The molecule has 0 spiro atoms. The van der Waals surface area contributed by atoms with Gasteiger partial charge in [-0.15, -0.1) is 0 Å². The maximum Gasteiger partial charge on any atom is 0.234 e. The number of hydrogen-bond donors (Lipinski definition) is 2. The van der Waals surface area contributed by atoms with E-state index >= 15 is 0 Å². The molecular weight excluding hydrogens is 296 g/mol. The zero-order valence-corrected chi connectivity index (χ0v) is 11.7. The van der Waals surface area contributed by atoms with E-state index in [-0.39, 0.29) is 5.91 Å². The lowest BCUT2D eigenvalue weighted by Crippen LogP contribution is -2.36. The van der Waals surface area contributed by atoms with E-state index < -0.39 is 0 Å². The van der Waals surface area contributed by atoms with Crippen molar-refractivity contribution in [3.05, 3.63) is 28.7 Å². The molecule has 4 nitrogen and oxygen atoms in total. The minimum Gasteiger partial charge on any atom is -0.492 e. The van der Waals surface area contributed by atoms with Crippen molar-refractivity contribution >= 4 is 21.8 Å². The number of halogens is 1. The van der Waals surface area contributed by atoms with Crippen molar-refractivity contribution < 1.29 is 9.53 Å². The molecule has 98 valence electrons. The molecule has 0 aliphatic heterocycles. The molecule has 1 saturated carbocycles. The van der Waals surface area contributed by atoms with Crippen LogP contribution in [0.3, 0.4) is 0 Å². The number of nitrogens with one attached hydrogen (secondary N) is 2. The van der Waals surface area contributed by atoms with Gasteiger partial charge in [-0.3, -0.25) is 4.79 Å². The topological polar surface area (TPSA) is 50.4 Å². The maximum atomic E-state index is 11.3. The molecule has 0 saturated heterocycles. The lowest BCUT2D eigenvalue weighted by Gasteiger charge is -2.07. The van der Waals surface area contributed by atoms with Gasteiger partial charge in [-0.25, -0.2) is 0 Å². The van der Waals surface area contributed by atoms with E-state index in [1.165, 1.54) is 0 Å². The van der Waals surface area contributed by atoms with Crippen molar-refractivity contribution in [2.75, 3.05) is 19.7 Å². The molecule has 1 amide bonds. The molecule has 5 heteroatoms. The van der Waals surface area contributed by atoms with Crippen molar-refractivity contribution in [1.82, 2.24) is 10.6 Å². The lowest BCUT2D eigenvalue weighted by atomic mass is 10.3. The normalized spacial score (nSPS) is 14.3. The van der Waals surface area contributed by atoms with Crippen molar-refractivity contribution in [2.24, 2.45) is 0 Å². The molecule has 1 aromatic carbocycles.